The molecule has 2 N–H and O–H groups in total. The zero-order valence-electron chi connectivity index (χ0n) is 12.9. The highest BCUT2D eigenvalue weighted by molar-refractivity contribution is 7.80. The summed E-state index contributed by atoms with van der Waals surface area (Å²) >= 11 is 4.15. The van der Waals surface area contributed by atoms with Gasteiger partial charge >= 0.3 is 0 Å². The van der Waals surface area contributed by atoms with E-state index in [-0.39, 0.29) is 5.44 Å². The van der Waals surface area contributed by atoms with Gasteiger partial charge in [-0.25, -0.2) is 0 Å². The standard InChI is InChI=1S/C14H32N2O2S/c1-12(2)16-9-11-17-13(3)6-5-7-15-8-10-18-14(4)19/h12-16,19H,5-11H2,1-4H3. The first-order chi connectivity index (χ1) is 9.02. The average molecular weight is 292 g/mol. The first kappa shape index (κ1) is 19.2. The van der Waals surface area contributed by atoms with E-state index >= 15 is 0 Å². The molecule has 5 heteroatoms. The SMILES string of the molecule is CC(C)NCCOC(C)CCCNCCOC(C)S. The molecule has 116 valence electrons. The van der Waals surface area contributed by atoms with Crippen molar-refractivity contribution in [3.63, 3.8) is 0 Å². The summed E-state index contributed by atoms with van der Waals surface area (Å²) < 4.78 is 11.1. The second-order valence-corrected chi connectivity index (χ2v) is 5.88. The van der Waals surface area contributed by atoms with Gasteiger partial charge in [0.1, 0.15) is 0 Å². The van der Waals surface area contributed by atoms with Crippen LogP contribution in [0.3, 0.4) is 0 Å². The van der Waals surface area contributed by atoms with Crippen molar-refractivity contribution in [2.75, 3.05) is 32.8 Å². The van der Waals surface area contributed by atoms with Crippen molar-refractivity contribution >= 4 is 12.6 Å². The van der Waals surface area contributed by atoms with Crippen LogP contribution in [0.2, 0.25) is 0 Å². The largest absolute Gasteiger partial charge is 0.377 e. The van der Waals surface area contributed by atoms with Gasteiger partial charge in [0.05, 0.1) is 24.8 Å². The molecule has 0 aliphatic rings. The van der Waals surface area contributed by atoms with E-state index in [9.17, 15) is 0 Å². The van der Waals surface area contributed by atoms with E-state index in [1.807, 2.05) is 6.92 Å². The highest BCUT2D eigenvalue weighted by Gasteiger charge is 2.02. The maximum Gasteiger partial charge on any atom is 0.0972 e. The van der Waals surface area contributed by atoms with Gasteiger partial charge in [-0.3, -0.25) is 0 Å². The molecule has 0 aliphatic carbocycles. The first-order valence-corrected chi connectivity index (χ1v) is 7.89. The van der Waals surface area contributed by atoms with Gasteiger partial charge in [0.15, 0.2) is 0 Å². The molecule has 2 atom stereocenters. The van der Waals surface area contributed by atoms with Crippen LogP contribution in [0.15, 0.2) is 0 Å². The monoisotopic (exact) mass is 292 g/mol. The fourth-order valence-corrected chi connectivity index (χ4v) is 1.74. The molecule has 0 spiro atoms. The minimum atomic E-state index is 0.0228. The molecule has 0 aromatic carbocycles. The molecule has 2 unspecified atom stereocenters. The van der Waals surface area contributed by atoms with Crippen molar-refractivity contribution < 1.29 is 9.47 Å². The molecule has 0 heterocycles. The van der Waals surface area contributed by atoms with Gasteiger partial charge in [-0.2, -0.15) is 0 Å². The van der Waals surface area contributed by atoms with E-state index in [0.29, 0.717) is 12.1 Å². The Labute approximate surface area is 124 Å². The molecule has 0 amide bonds. The smallest absolute Gasteiger partial charge is 0.0972 e. The number of ether oxygens (including phenoxy) is 2. The summed E-state index contributed by atoms with van der Waals surface area (Å²) in [5.41, 5.74) is 0.0228. The highest BCUT2D eigenvalue weighted by atomic mass is 32.1. The van der Waals surface area contributed by atoms with Gasteiger partial charge in [-0.05, 0) is 33.2 Å². The fraction of sp³-hybridized carbons (Fsp3) is 1.00. The summed E-state index contributed by atoms with van der Waals surface area (Å²) in [5.74, 6) is 0. The number of thiol groups is 1. The minimum Gasteiger partial charge on any atom is -0.377 e. The zero-order valence-corrected chi connectivity index (χ0v) is 13.8. The Morgan fingerprint density at radius 1 is 0.947 bits per heavy atom. The predicted octanol–water partition coefficient (Wildman–Crippen LogP) is 2.05. The van der Waals surface area contributed by atoms with Crippen LogP contribution in [-0.4, -0.2) is 50.4 Å². The summed E-state index contributed by atoms with van der Waals surface area (Å²) in [4.78, 5) is 0. The maximum absolute atomic E-state index is 5.73. The summed E-state index contributed by atoms with van der Waals surface area (Å²) in [6, 6.07) is 0.533. The number of nitrogens with one attached hydrogen (secondary N) is 2. The number of rotatable bonds is 13. The molecule has 0 aliphatic heterocycles. The van der Waals surface area contributed by atoms with Gasteiger partial charge in [0, 0.05) is 19.1 Å². The van der Waals surface area contributed by atoms with E-state index in [0.717, 1.165) is 45.7 Å². The Bertz CT molecular complexity index is 192. The third-order valence-corrected chi connectivity index (χ3v) is 2.81. The van der Waals surface area contributed by atoms with Crippen molar-refractivity contribution in [1.82, 2.24) is 10.6 Å². The van der Waals surface area contributed by atoms with E-state index in [2.05, 4.69) is 44.0 Å². The highest BCUT2D eigenvalue weighted by Crippen LogP contribution is 2.00. The van der Waals surface area contributed by atoms with Crippen LogP contribution in [0, 0.1) is 0 Å². The number of hydrogen-bond donors (Lipinski definition) is 3. The Morgan fingerprint density at radius 2 is 1.63 bits per heavy atom. The molecular weight excluding hydrogens is 260 g/mol. The molecule has 0 bridgehead atoms. The van der Waals surface area contributed by atoms with E-state index < -0.39 is 0 Å². The number of hydrogen-bond acceptors (Lipinski definition) is 5. The molecule has 0 aromatic rings. The quantitative estimate of drug-likeness (QED) is 0.276. The first-order valence-electron chi connectivity index (χ1n) is 7.37. The lowest BCUT2D eigenvalue weighted by Gasteiger charge is -2.14. The van der Waals surface area contributed by atoms with Gasteiger partial charge in [0.2, 0.25) is 0 Å². The lowest BCUT2D eigenvalue weighted by atomic mass is 10.2. The Balaban J connectivity index is 3.18. The molecule has 19 heavy (non-hydrogen) atoms. The van der Waals surface area contributed by atoms with Gasteiger partial charge < -0.3 is 20.1 Å². The molecular formula is C14H32N2O2S. The van der Waals surface area contributed by atoms with Crippen LogP contribution < -0.4 is 10.6 Å². The van der Waals surface area contributed by atoms with Crippen LogP contribution in [0.4, 0.5) is 0 Å². The van der Waals surface area contributed by atoms with Gasteiger partial charge in [-0.1, -0.05) is 13.8 Å². The minimum absolute atomic E-state index is 0.0228. The van der Waals surface area contributed by atoms with E-state index in [1.165, 1.54) is 0 Å². The van der Waals surface area contributed by atoms with E-state index in [4.69, 9.17) is 9.47 Å². The van der Waals surface area contributed by atoms with Crippen molar-refractivity contribution in [2.24, 2.45) is 0 Å². The van der Waals surface area contributed by atoms with Crippen LogP contribution in [0.1, 0.15) is 40.5 Å². The third-order valence-electron chi connectivity index (χ3n) is 2.66. The summed E-state index contributed by atoms with van der Waals surface area (Å²) in [5, 5.41) is 6.69. The molecule has 0 saturated heterocycles. The van der Waals surface area contributed by atoms with Gasteiger partial charge in [-0.15, -0.1) is 12.6 Å². The summed E-state index contributed by atoms with van der Waals surface area (Å²) in [7, 11) is 0. The molecule has 0 aromatic heterocycles. The lowest BCUT2D eigenvalue weighted by molar-refractivity contribution is 0.0599. The van der Waals surface area contributed by atoms with Crippen molar-refractivity contribution in [1.29, 1.82) is 0 Å². The molecule has 0 rings (SSSR count). The molecule has 4 nitrogen and oxygen atoms in total. The van der Waals surface area contributed by atoms with Crippen LogP contribution in [0.25, 0.3) is 0 Å². The van der Waals surface area contributed by atoms with E-state index in [1.54, 1.807) is 0 Å². The topological polar surface area (TPSA) is 42.5 Å². The van der Waals surface area contributed by atoms with Crippen molar-refractivity contribution in [2.45, 2.75) is 58.1 Å². The Kier molecular flexibility index (Phi) is 13.3. The second kappa shape index (κ2) is 13.2. The Hall–Kier alpha value is 0.190. The fourth-order valence-electron chi connectivity index (χ4n) is 1.63. The van der Waals surface area contributed by atoms with Crippen molar-refractivity contribution in [3.8, 4) is 0 Å². The normalized spacial score (nSPS) is 14.8. The predicted molar refractivity (Wildman–Crippen MR) is 85.1 cm³/mol. The van der Waals surface area contributed by atoms with Crippen LogP contribution in [-0.2, 0) is 9.47 Å². The molecule has 0 fully saturated rings. The average Bonchev–Trinajstić information content (AvgIpc) is 2.33. The van der Waals surface area contributed by atoms with Gasteiger partial charge in [0.25, 0.3) is 0 Å². The lowest BCUT2D eigenvalue weighted by Crippen LogP contribution is -2.28. The van der Waals surface area contributed by atoms with Crippen LogP contribution in [0.5, 0.6) is 0 Å². The maximum atomic E-state index is 5.73. The molecule has 0 radical (unpaired) electrons. The van der Waals surface area contributed by atoms with Crippen LogP contribution >= 0.6 is 12.6 Å². The second-order valence-electron chi connectivity index (χ2n) is 5.15. The Morgan fingerprint density at radius 3 is 2.26 bits per heavy atom. The summed E-state index contributed by atoms with van der Waals surface area (Å²) in [6.07, 6.45) is 2.57. The van der Waals surface area contributed by atoms with Crippen molar-refractivity contribution in [3.05, 3.63) is 0 Å². The summed E-state index contributed by atoms with van der Waals surface area (Å²) in [6.45, 7) is 12.7. The molecule has 0 saturated carbocycles. The zero-order chi connectivity index (χ0) is 14.5. The third kappa shape index (κ3) is 16.1.